The lowest BCUT2D eigenvalue weighted by atomic mass is 9.99. The van der Waals surface area contributed by atoms with Gasteiger partial charge in [0.15, 0.2) is 0 Å². The van der Waals surface area contributed by atoms with E-state index in [-0.39, 0.29) is 6.09 Å². The minimum atomic E-state index is -1.18. The van der Waals surface area contributed by atoms with Crippen LogP contribution in [0.1, 0.15) is 52.3 Å². The number of carbonyl (C=O) groups is 1. The summed E-state index contributed by atoms with van der Waals surface area (Å²) in [5.74, 6) is 1.66. The number of carbonyl (C=O) groups excluding carboxylic acids is 1. The SMILES string of the molecule is CC(C)(C)OC(=O)N1CCN(c2cccc(CNc3ncnc4c3c(C3=CCOCC3)cn4COCC[Si](C)(C)C)n2)CC1(C)C. The van der Waals surface area contributed by atoms with E-state index >= 15 is 0 Å². The number of hydrogen-bond acceptors (Lipinski definition) is 9. The van der Waals surface area contributed by atoms with Crippen LogP contribution in [0.2, 0.25) is 25.7 Å². The zero-order chi connectivity index (χ0) is 33.1. The van der Waals surface area contributed by atoms with E-state index < -0.39 is 19.2 Å². The van der Waals surface area contributed by atoms with Crippen molar-refractivity contribution in [3.8, 4) is 0 Å². The molecule has 5 rings (SSSR count). The van der Waals surface area contributed by atoms with Crippen molar-refractivity contribution in [3.05, 3.63) is 48.1 Å². The molecule has 1 fully saturated rings. The van der Waals surface area contributed by atoms with Crippen molar-refractivity contribution in [2.75, 3.05) is 49.7 Å². The molecule has 11 nitrogen and oxygen atoms in total. The zero-order valence-electron chi connectivity index (χ0n) is 28.9. The van der Waals surface area contributed by atoms with Gasteiger partial charge in [-0.25, -0.2) is 19.7 Å². The normalized spacial score (nSPS) is 17.3. The summed E-state index contributed by atoms with van der Waals surface area (Å²) in [4.78, 5) is 31.4. The second-order valence-electron chi connectivity index (χ2n) is 15.0. The summed E-state index contributed by atoms with van der Waals surface area (Å²) in [7, 11) is -1.18. The Morgan fingerprint density at radius 1 is 1.15 bits per heavy atom. The molecule has 1 saturated heterocycles. The summed E-state index contributed by atoms with van der Waals surface area (Å²) in [6.45, 7) is 21.8. The highest BCUT2D eigenvalue weighted by molar-refractivity contribution is 6.76. The van der Waals surface area contributed by atoms with E-state index in [1.165, 1.54) is 5.57 Å². The van der Waals surface area contributed by atoms with Gasteiger partial charge < -0.3 is 29.0 Å². The van der Waals surface area contributed by atoms with Crippen LogP contribution < -0.4 is 10.2 Å². The standard InChI is InChI=1S/C34H51N7O4Si/c1-33(2,3)45-32(42)41-15-14-39(22-34(41,4)5)28-11-9-10-26(38-28)20-35-30-29-27(25-12-16-43-17-13-25)21-40(31(29)37-23-36-30)24-44-18-19-46(6,7)8/h9-12,21,23H,13-20,22,24H2,1-8H3,(H,35,36,37). The third-order valence-corrected chi connectivity index (χ3v) is 9.96. The van der Waals surface area contributed by atoms with Crippen LogP contribution >= 0.6 is 0 Å². The number of hydrogen-bond donors (Lipinski definition) is 1. The topological polar surface area (TPSA) is 107 Å². The van der Waals surface area contributed by atoms with E-state index in [0.717, 1.165) is 53.0 Å². The second-order valence-corrected chi connectivity index (χ2v) is 20.7. The minimum absolute atomic E-state index is 0.276. The molecule has 0 radical (unpaired) electrons. The summed E-state index contributed by atoms with van der Waals surface area (Å²) >= 11 is 0. The highest BCUT2D eigenvalue weighted by Gasteiger charge is 2.39. The van der Waals surface area contributed by atoms with Gasteiger partial charge >= 0.3 is 6.09 Å². The number of pyridine rings is 1. The van der Waals surface area contributed by atoms with E-state index in [9.17, 15) is 4.79 Å². The molecule has 12 heteroatoms. The fraction of sp³-hybridized carbons (Fsp3) is 0.588. The molecule has 3 aromatic heterocycles. The molecule has 0 atom stereocenters. The van der Waals surface area contributed by atoms with E-state index in [2.05, 4.69) is 70.5 Å². The highest BCUT2D eigenvalue weighted by Crippen LogP contribution is 2.34. The number of ether oxygens (including phenoxy) is 3. The Labute approximate surface area is 274 Å². The van der Waals surface area contributed by atoms with Crippen LogP contribution in [0.15, 0.2) is 36.8 Å². The molecule has 0 spiro atoms. The van der Waals surface area contributed by atoms with Crippen molar-refractivity contribution in [1.29, 1.82) is 0 Å². The molecule has 2 aliphatic rings. The first-order valence-electron chi connectivity index (χ1n) is 16.3. The lowest BCUT2D eigenvalue weighted by Crippen LogP contribution is -2.62. The summed E-state index contributed by atoms with van der Waals surface area (Å²) in [6, 6.07) is 7.21. The Balaban J connectivity index is 1.32. The van der Waals surface area contributed by atoms with Crippen LogP contribution in [-0.4, -0.2) is 89.2 Å². The molecule has 0 bridgehead atoms. The van der Waals surface area contributed by atoms with Crippen LogP contribution in [0.25, 0.3) is 16.6 Å². The number of fused-ring (bicyclic) bond motifs is 1. The Morgan fingerprint density at radius 2 is 1.96 bits per heavy atom. The van der Waals surface area contributed by atoms with Gasteiger partial charge in [-0.15, -0.1) is 0 Å². The number of amides is 1. The van der Waals surface area contributed by atoms with Crippen molar-refractivity contribution in [2.45, 2.75) is 91.1 Å². The molecular formula is C34H51N7O4Si. The predicted molar refractivity (Wildman–Crippen MR) is 186 cm³/mol. The minimum Gasteiger partial charge on any atom is -0.444 e. The van der Waals surface area contributed by atoms with Gasteiger partial charge in [-0.05, 0) is 64.8 Å². The quantitative estimate of drug-likeness (QED) is 0.198. The maximum Gasteiger partial charge on any atom is 0.410 e. The van der Waals surface area contributed by atoms with Gasteiger partial charge in [0, 0.05) is 46.1 Å². The van der Waals surface area contributed by atoms with Gasteiger partial charge in [0.05, 0.1) is 36.4 Å². The van der Waals surface area contributed by atoms with Crippen LogP contribution in [0.4, 0.5) is 16.4 Å². The summed E-state index contributed by atoms with van der Waals surface area (Å²) in [6.07, 6.45) is 6.47. The van der Waals surface area contributed by atoms with Crippen molar-refractivity contribution < 1.29 is 19.0 Å². The monoisotopic (exact) mass is 649 g/mol. The molecule has 250 valence electrons. The smallest absolute Gasteiger partial charge is 0.410 e. The molecule has 46 heavy (non-hydrogen) atoms. The summed E-state index contributed by atoms with van der Waals surface area (Å²) in [5.41, 5.74) is 3.15. The first kappa shape index (κ1) is 33.9. The highest BCUT2D eigenvalue weighted by atomic mass is 28.3. The molecule has 0 unspecified atom stereocenters. The fourth-order valence-electron chi connectivity index (χ4n) is 5.83. The number of rotatable bonds is 10. The maximum atomic E-state index is 12.9. The summed E-state index contributed by atoms with van der Waals surface area (Å²) < 4.78 is 19.5. The average molecular weight is 650 g/mol. The van der Waals surface area contributed by atoms with Crippen molar-refractivity contribution in [1.82, 2.24) is 24.4 Å². The molecule has 0 aliphatic carbocycles. The second kappa shape index (κ2) is 13.7. The van der Waals surface area contributed by atoms with Gasteiger partial charge in [0.25, 0.3) is 0 Å². The Kier molecular flexibility index (Phi) is 10.1. The summed E-state index contributed by atoms with van der Waals surface area (Å²) in [5, 5.41) is 4.55. The van der Waals surface area contributed by atoms with Crippen molar-refractivity contribution >= 4 is 42.4 Å². The largest absolute Gasteiger partial charge is 0.444 e. The van der Waals surface area contributed by atoms with Crippen LogP contribution in [-0.2, 0) is 27.5 Å². The number of nitrogens with one attached hydrogen (secondary N) is 1. The first-order valence-corrected chi connectivity index (χ1v) is 20.0. The Morgan fingerprint density at radius 3 is 2.65 bits per heavy atom. The number of aromatic nitrogens is 4. The van der Waals surface area contributed by atoms with Gasteiger partial charge in [-0.1, -0.05) is 31.8 Å². The van der Waals surface area contributed by atoms with Gasteiger partial charge in [-0.3, -0.25) is 4.90 Å². The van der Waals surface area contributed by atoms with Crippen LogP contribution in [0.5, 0.6) is 0 Å². The molecule has 1 N–H and O–H groups in total. The number of nitrogens with zero attached hydrogens (tertiary/aromatic N) is 6. The number of piperazine rings is 1. The van der Waals surface area contributed by atoms with Crippen LogP contribution in [0.3, 0.4) is 0 Å². The Bertz CT molecular complexity index is 1560. The molecule has 1 amide bonds. The van der Waals surface area contributed by atoms with E-state index in [0.29, 0.717) is 46.1 Å². The lowest BCUT2D eigenvalue weighted by molar-refractivity contribution is 0.000302. The van der Waals surface area contributed by atoms with Gasteiger partial charge in [-0.2, -0.15) is 0 Å². The van der Waals surface area contributed by atoms with Crippen molar-refractivity contribution in [3.63, 3.8) is 0 Å². The van der Waals surface area contributed by atoms with Crippen LogP contribution in [0, 0.1) is 0 Å². The lowest BCUT2D eigenvalue weighted by Gasteiger charge is -2.47. The van der Waals surface area contributed by atoms with Gasteiger partial charge in [0.2, 0.25) is 0 Å². The number of anilines is 2. The Hall–Kier alpha value is -3.48. The maximum absolute atomic E-state index is 12.9. The molecular weight excluding hydrogens is 599 g/mol. The van der Waals surface area contributed by atoms with E-state index in [4.69, 9.17) is 19.2 Å². The molecule has 2 aliphatic heterocycles. The first-order chi connectivity index (χ1) is 21.7. The predicted octanol–water partition coefficient (Wildman–Crippen LogP) is 6.39. The van der Waals surface area contributed by atoms with E-state index in [1.807, 2.05) is 43.9 Å². The average Bonchev–Trinajstić information content (AvgIpc) is 3.36. The molecule has 0 aromatic carbocycles. The van der Waals surface area contributed by atoms with Gasteiger partial charge in [0.1, 0.15) is 35.9 Å². The third-order valence-electron chi connectivity index (χ3n) is 8.26. The van der Waals surface area contributed by atoms with E-state index in [1.54, 1.807) is 6.33 Å². The molecule has 0 saturated carbocycles. The molecule has 3 aromatic rings. The zero-order valence-corrected chi connectivity index (χ0v) is 29.9. The molecule has 5 heterocycles. The van der Waals surface area contributed by atoms with Crippen molar-refractivity contribution in [2.24, 2.45) is 0 Å². The fourth-order valence-corrected chi connectivity index (χ4v) is 6.59. The third kappa shape index (κ3) is 8.45.